The summed E-state index contributed by atoms with van der Waals surface area (Å²) in [6.45, 7) is 0. The minimum absolute atomic E-state index is 0.0638. The van der Waals surface area contributed by atoms with E-state index in [2.05, 4.69) is 0 Å². The first kappa shape index (κ1) is 12.8. The molecule has 0 aliphatic carbocycles. The molecule has 0 radical (unpaired) electrons. The molecular formula is C10H9NO5S2. The summed E-state index contributed by atoms with van der Waals surface area (Å²) >= 11 is 0. The van der Waals surface area contributed by atoms with Gasteiger partial charge in [0.05, 0.1) is 4.90 Å². The lowest BCUT2D eigenvalue weighted by atomic mass is 10.4. The molecule has 1 N–H and O–H groups in total. The molecular weight excluding hydrogens is 278 g/mol. The molecule has 0 saturated carbocycles. The zero-order chi connectivity index (χ0) is 13.4. The number of hydrogen-bond donors (Lipinski definition) is 1. The normalized spacial score (nSPS) is 12.5. The number of hydrogen-bond acceptors (Lipinski definition) is 4. The van der Waals surface area contributed by atoms with Crippen LogP contribution in [0.2, 0.25) is 0 Å². The van der Waals surface area contributed by atoms with Crippen molar-refractivity contribution in [1.82, 2.24) is 3.97 Å². The summed E-state index contributed by atoms with van der Waals surface area (Å²) in [5.41, 5.74) is 0. The van der Waals surface area contributed by atoms with Gasteiger partial charge in [-0.1, -0.05) is 18.2 Å². The first-order chi connectivity index (χ1) is 8.33. The standard InChI is InChI=1S/C10H9NO5S2/c12-17(13,9-5-2-1-3-6-9)11-8-4-7-10(11)18(14,15)16/h1-8H,(H,14,15,16). The van der Waals surface area contributed by atoms with Crippen LogP contribution in [0.15, 0.2) is 58.6 Å². The fraction of sp³-hybridized carbons (Fsp3) is 0. The lowest BCUT2D eigenvalue weighted by Crippen LogP contribution is -2.17. The zero-order valence-corrected chi connectivity index (χ0v) is 10.6. The van der Waals surface area contributed by atoms with Crippen LogP contribution in [0, 0.1) is 0 Å². The number of rotatable bonds is 3. The number of benzene rings is 1. The highest BCUT2D eigenvalue weighted by Crippen LogP contribution is 2.19. The molecule has 0 atom stereocenters. The summed E-state index contributed by atoms with van der Waals surface area (Å²) < 4.78 is 55.9. The van der Waals surface area contributed by atoms with Crippen molar-refractivity contribution in [3.63, 3.8) is 0 Å². The van der Waals surface area contributed by atoms with Crippen molar-refractivity contribution < 1.29 is 21.4 Å². The van der Waals surface area contributed by atoms with Gasteiger partial charge in [-0.25, -0.2) is 12.4 Å². The van der Waals surface area contributed by atoms with Crippen molar-refractivity contribution in [2.24, 2.45) is 0 Å². The molecule has 0 aliphatic heterocycles. The summed E-state index contributed by atoms with van der Waals surface area (Å²) in [7, 11) is -8.63. The molecule has 1 aromatic carbocycles. The second kappa shape index (κ2) is 4.23. The molecule has 0 aliphatic rings. The summed E-state index contributed by atoms with van der Waals surface area (Å²) in [4.78, 5) is -0.0638. The molecule has 96 valence electrons. The van der Waals surface area contributed by atoms with Crippen LogP contribution >= 0.6 is 0 Å². The van der Waals surface area contributed by atoms with E-state index >= 15 is 0 Å². The minimum atomic E-state index is -4.60. The van der Waals surface area contributed by atoms with Crippen LogP contribution in [0.5, 0.6) is 0 Å². The van der Waals surface area contributed by atoms with Gasteiger partial charge in [0.15, 0.2) is 5.03 Å². The SMILES string of the molecule is O=S(=O)(O)c1cccn1S(=O)(=O)c1ccccc1. The Kier molecular flexibility index (Phi) is 3.01. The van der Waals surface area contributed by atoms with Gasteiger partial charge in [-0.3, -0.25) is 4.55 Å². The van der Waals surface area contributed by atoms with Gasteiger partial charge in [-0.05, 0) is 24.3 Å². The topological polar surface area (TPSA) is 93.4 Å². The smallest absolute Gasteiger partial charge is 0.281 e. The molecule has 0 amide bonds. The minimum Gasteiger partial charge on any atom is -0.281 e. The van der Waals surface area contributed by atoms with E-state index in [9.17, 15) is 16.8 Å². The zero-order valence-electron chi connectivity index (χ0n) is 8.96. The average molecular weight is 287 g/mol. The van der Waals surface area contributed by atoms with E-state index in [0.717, 1.165) is 12.3 Å². The summed E-state index contributed by atoms with van der Waals surface area (Å²) in [6.07, 6.45) is 1.06. The molecule has 0 saturated heterocycles. The summed E-state index contributed by atoms with van der Waals surface area (Å²) in [5.74, 6) is 0. The van der Waals surface area contributed by atoms with Gasteiger partial charge in [-0.2, -0.15) is 8.42 Å². The maximum atomic E-state index is 12.1. The van der Waals surface area contributed by atoms with Crippen molar-refractivity contribution >= 4 is 20.1 Å². The predicted molar refractivity (Wildman–Crippen MR) is 63.3 cm³/mol. The first-order valence-electron chi connectivity index (χ1n) is 4.79. The molecule has 0 spiro atoms. The van der Waals surface area contributed by atoms with Gasteiger partial charge in [-0.15, -0.1) is 0 Å². The Balaban J connectivity index is 2.68. The molecule has 2 aromatic rings. The Morgan fingerprint density at radius 3 is 2.06 bits per heavy atom. The van der Waals surface area contributed by atoms with Crippen LogP contribution in [-0.4, -0.2) is 25.4 Å². The molecule has 1 heterocycles. The average Bonchev–Trinajstić information content (AvgIpc) is 2.79. The molecule has 1 aromatic heterocycles. The van der Waals surface area contributed by atoms with Gasteiger partial charge in [0.2, 0.25) is 0 Å². The van der Waals surface area contributed by atoms with Gasteiger partial charge in [0.25, 0.3) is 10.0 Å². The second-order valence-electron chi connectivity index (χ2n) is 3.44. The predicted octanol–water partition coefficient (Wildman–Crippen LogP) is 0.972. The molecule has 2 rings (SSSR count). The second-order valence-corrected chi connectivity index (χ2v) is 6.62. The molecule has 18 heavy (non-hydrogen) atoms. The Labute approximate surface area is 104 Å². The van der Waals surface area contributed by atoms with Crippen LogP contribution < -0.4 is 0 Å². The third-order valence-electron chi connectivity index (χ3n) is 2.24. The summed E-state index contributed by atoms with van der Waals surface area (Å²) in [6, 6.07) is 9.58. The van der Waals surface area contributed by atoms with E-state index in [0.29, 0.717) is 3.97 Å². The highest BCUT2D eigenvalue weighted by Gasteiger charge is 2.24. The Bertz CT molecular complexity index is 760. The Morgan fingerprint density at radius 2 is 1.50 bits per heavy atom. The van der Waals surface area contributed by atoms with Crippen molar-refractivity contribution in [2.75, 3.05) is 0 Å². The van der Waals surface area contributed by atoms with E-state index in [4.69, 9.17) is 4.55 Å². The number of aromatic nitrogens is 1. The van der Waals surface area contributed by atoms with Crippen LogP contribution in [-0.2, 0) is 20.1 Å². The highest BCUT2D eigenvalue weighted by atomic mass is 32.2. The van der Waals surface area contributed by atoms with Crippen molar-refractivity contribution in [1.29, 1.82) is 0 Å². The molecule has 0 unspecified atom stereocenters. The Morgan fingerprint density at radius 1 is 0.889 bits per heavy atom. The molecule has 8 heteroatoms. The van der Waals surface area contributed by atoms with E-state index in [-0.39, 0.29) is 4.90 Å². The van der Waals surface area contributed by atoms with E-state index in [1.165, 1.54) is 30.3 Å². The largest absolute Gasteiger partial charge is 0.311 e. The van der Waals surface area contributed by atoms with Gasteiger partial charge >= 0.3 is 10.1 Å². The van der Waals surface area contributed by atoms with Crippen molar-refractivity contribution in [3.8, 4) is 0 Å². The molecule has 6 nitrogen and oxygen atoms in total. The lowest BCUT2D eigenvalue weighted by molar-refractivity contribution is 0.476. The maximum Gasteiger partial charge on any atom is 0.311 e. The van der Waals surface area contributed by atoms with Crippen LogP contribution in [0.25, 0.3) is 0 Å². The highest BCUT2D eigenvalue weighted by molar-refractivity contribution is 7.91. The van der Waals surface area contributed by atoms with Crippen LogP contribution in [0.3, 0.4) is 0 Å². The van der Waals surface area contributed by atoms with Gasteiger partial charge < -0.3 is 0 Å². The van der Waals surface area contributed by atoms with Crippen molar-refractivity contribution in [3.05, 3.63) is 48.7 Å². The fourth-order valence-electron chi connectivity index (χ4n) is 1.45. The van der Waals surface area contributed by atoms with Gasteiger partial charge in [0.1, 0.15) is 0 Å². The third kappa shape index (κ3) is 2.17. The van der Waals surface area contributed by atoms with Crippen LogP contribution in [0.1, 0.15) is 0 Å². The Hall–Kier alpha value is -1.64. The number of nitrogens with zero attached hydrogens (tertiary/aromatic N) is 1. The quantitative estimate of drug-likeness (QED) is 0.849. The maximum absolute atomic E-state index is 12.1. The fourth-order valence-corrected chi connectivity index (χ4v) is 3.83. The van der Waals surface area contributed by atoms with Gasteiger partial charge in [0, 0.05) is 6.20 Å². The molecule has 0 bridgehead atoms. The first-order valence-corrected chi connectivity index (χ1v) is 7.67. The van der Waals surface area contributed by atoms with E-state index in [1.54, 1.807) is 6.07 Å². The monoisotopic (exact) mass is 287 g/mol. The lowest BCUT2D eigenvalue weighted by Gasteiger charge is -2.08. The van der Waals surface area contributed by atoms with Crippen molar-refractivity contribution in [2.45, 2.75) is 9.92 Å². The third-order valence-corrected chi connectivity index (χ3v) is 4.92. The molecule has 0 fully saturated rings. The van der Waals surface area contributed by atoms with E-state index < -0.39 is 25.2 Å². The van der Waals surface area contributed by atoms with E-state index in [1.807, 2.05) is 0 Å². The summed E-state index contributed by atoms with van der Waals surface area (Å²) in [5, 5.41) is -0.689. The van der Waals surface area contributed by atoms with Crippen LogP contribution in [0.4, 0.5) is 0 Å².